The Hall–Kier alpha value is -2.89. The van der Waals surface area contributed by atoms with Crippen LogP contribution in [0.5, 0.6) is 5.75 Å². The van der Waals surface area contributed by atoms with E-state index in [0.29, 0.717) is 30.8 Å². The third-order valence-corrected chi connectivity index (χ3v) is 5.07. The topological polar surface area (TPSA) is 58.6 Å². The Bertz CT molecular complexity index is 865. The normalized spacial score (nSPS) is 21.4. The predicted molar refractivity (Wildman–Crippen MR) is 90.2 cm³/mol. The van der Waals surface area contributed by atoms with Crippen LogP contribution in [-0.4, -0.2) is 36.9 Å². The van der Waals surface area contributed by atoms with Crippen molar-refractivity contribution in [2.75, 3.05) is 25.5 Å². The van der Waals surface area contributed by atoms with Crippen molar-refractivity contribution in [1.29, 1.82) is 0 Å². The molecule has 25 heavy (non-hydrogen) atoms. The number of ether oxygens (including phenoxy) is 1. The Morgan fingerprint density at radius 2 is 2.00 bits per heavy atom. The summed E-state index contributed by atoms with van der Waals surface area (Å²) < 4.78 is 18.3. The first-order chi connectivity index (χ1) is 12.0. The molecule has 5 nitrogen and oxygen atoms in total. The van der Waals surface area contributed by atoms with Gasteiger partial charge in [-0.05, 0) is 54.4 Å². The van der Waals surface area contributed by atoms with Gasteiger partial charge in [0.1, 0.15) is 11.6 Å². The number of amides is 2. The van der Waals surface area contributed by atoms with E-state index < -0.39 is 5.41 Å². The highest BCUT2D eigenvalue weighted by atomic mass is 19.1. The van der Waals surface area contributed by atoms with Crippen molar-refractivity contribution in [3.05, 3.63) is 59.4 Å². The molecule has 4 rings (SSSR count). The molecule has 0 saturated carbocycles. The van der Waals surface area contributed by atoms with Gasteiger partial charge in [0.2, 0.25) is 5.91 Å². The van der Waals surface area contributed by atoms with E-state index in [9.17, 15) is 14.0 Å². The minimum atomic E-state index is -0.750. The number of hydrogen-bond donors (Lipinski definition) is 1. The molecule has 2 aliphatic rings. The summed E-state index contributed by atoms with van der Waals surface area (Å²) >= 11 is 0. The molecular formula is C19H17FN2O3. The van der Waals surface area contributed by atoms with Crippen molar-refractivity contribution in [2.45, 2.75) is 11.8 Å². The van der Waals surface area contributed by atoms with Crippen molar-refractivity contribution in [3.63, 3.8) is 0 Å². The van der Waals surface area contributed by atoms with Crippen molar-refractivity contribution >= 4 is 17.5 Å². The summed E-state index contributed by atoms with van der Waals surface area (Å²) in [7, 11) is 1.58. The maximum Gasteiger partial charge on any atom is 0.253 e. The van der Waals surface area contributed by atoms with Gasteiger partial charge in [-0.15, -0.1) is 0 Å². The van der Waals surface area contributed by atoms with Gasteiger partial charge in [0.25, 0.3) is 5.91 Å². The summed E-state index contributed by atoms with van der Waals surface area (Å²) in [6, 6.07) is 10.9. The zero-order chi connectivity index (χ0) is 17.6. The van der Waals surface area contributed by atoms with Crippen LogP contribution < -0.4 is 10.1 Å². The fourth-order valence-electron chi connectivity index (χ4n) is 3.68. The van der Waals surface area contributed by atoms with Gasteiger partial charge in [-0.1, -0.05) is 0 Å². The molecule has 1 spiro atoms. The molecule has 128 valence electrons. The molecule has 1 unspecified atom stereocenters. The molecule has 6 heteroatoms. The van der Waals surface area contributed by atoms with Crippen LogP contribution in [0.2, 0.25) is 0 Å². The largest absolute Gasteiger partial charge is 0.497 e. The Morgan fingerprint density at radius 3 is 2.72 bits per heavy atom. The number of fused-ring (bicyclic) bond motifs is 2. The Labute approximate surface area is 144 Å². The summed E-state index contributed by atoms with van der Waals surface area (Å²) in [5, 5.41) is 2.91. The Morgan fingerprint density at radius 1 is 1.24 bits per heavy atom. The van der Waals surface area contributed by atoms with Crippen molar-refractivity contribution in [1.82, 2.24) is 4.90 Å². The van der Waals surface area contributed by atoms with Crippen LogP contribution in [-0.2, 0) is 10.2 Å². The van der Waals surface area contributed by atoms with Crippen molar-refractivity contribution in [2.24, 2.45) is 0 Å². The molecule has 0 aromatic heterocycles. The Kier molecular flexibility index (Phi) is 3.49. The first-order valence-electron chi connectivity index (χ1n) is 8.08. The molecule has 1 atom stereocenters. The number of hydrogen-bond acceptors (Lipinski definition) is 3. The molecule has 1 N–H and O–H groups in total. The number of methoxy groups -OCH3 is 1. The second-order valence-electron chi connectivity index (χ2n) is 6.43. The number of nitrogens with one attached hydrogen (secondary N) is 1. The minimum absolute atomic E-state index is 0.0924. The highest BCUT2D eigenvalue weighted by molar-refractivity contribution is 6.07. The smallest absolute Gasteiger partial charge is 0.253 e. The summed E-state index contributed by atoms with van der Waals surface area (Å²) in [4.78, 5) is 27.0. The number of anilines is 1. The van der Waals surface area contributed by atoms with Crippen molar-refractivity contribution < 1.29 is 18.7 Å². The number of carbonyl (C=O) groups excluding carboxylic acids is 2. The van der Waals surface area contributed by atoms with Gasteiger partial charge < -0.3 is 15.0 Å². The first kappa shape index (κ1) is 15.6. The lowest BCUT2D eigenvalue weighted by Crippen LogP contribution is -2.39. The van der Waals surface area contributed by atoms with E-state index in [1.807, 2.05) is 12.1 Å². The summed E-state index contributed by atoms with van der Waals surface area (Å²) in [6.07, 6.45) is 0.548. The maximum absolute atomic E-state index is 13.1. The van der Waals surface area contributed by atoms with E-state index in [-0.39, 0.29) is 17.6 Å². The standard InChI is InChI=1S/C19H17FN2O3/c1-25-14-6-7-16-15(10-14)19(18(24)21-16)8-9-22(11-19)17(23)12-2-4-13(20)5-3-12/h2-7,10H,8-9,11H2,1H3,(H,21,24). The molecule has 2 aromatic rings. The van der Waals surface area contributed by atoms with E-state index in [2.05, 4.69) is 5.32 Å². The summed E-state index contributed by atoms with van der Waals surface area (Å²) in [6.45, 7) is 0.773. The lowest BCUT2D eigenvalue weighted by atomic mass is 9.81. The average molecular weight is 340 g/mol. The monoisotopic (exact) mass is 340 g/mol. The van der Waals surface area contributed by atoms with E-state index in [1.165, 1.54) is 24.3 Å². The lowest BCUT2D eigenvalue weighted by Gasteiger charge is -2.23. The second-order valence-corrected chi connectivity index (χ2v) is 6.43. The zero-order valence-electron chi connectivity index (χ0n) is 13.7. The molecule has 2 aromatic carbocycles. The van der Waals surface area contributed by atoms with Crippen LogP contribution in [0.4, 0.5) is 10.1 Å². The molecule has 2 amide bonds. The van der Waals surface area contributed by atoms with Crippen LogP contribution in [0.25, 0.3) is 0 Å². The highest BCUT2D eigenvalue weighted by Crippen LogP contribution is 2.45. The van der Waals surface area contributed by atoms with Crippen LogP contribution in [0.3, 0.4) is 0 Å². The third kappa shape index (κ3) is 2.36. The molecule has 2 heterocycles. The summed E-state index contributed by atoms with van der Waals surface area (Å²) in [5.41, 5.74) is 1.30. The highest BCUT2D eigenvalue weighted by Gasteiger charge is 2.52. The molecule has 0 aliphatic carbocycles. The van der Waals surface area contributed by atoms with Crippen molar-refractivity contribution in [3.8, 4) is 5.75 Å². The van der Waals surface area contributed by atoms with Gasteiger partial charge in [0, 0.05) is 24.3 Å². The number of carbonyl (C=O) groups is 2. The van der Waals surface area contributed by atoms with Crippen LogP contribution >= 0.6 is 0 Å². The van der Waals surface area contributed by atoms with Crippen LogP contribution in [0, 0.1) is 5.82 Å². The molecule has 0 bridgehead atoms. The van der Waals surface area contributed by atoms with Gasteiger partial charge in [0.15, 0.2) is 0 Å². The fraction of sp³-hybridized carbons (Fsp3) is 0.263. The maximum atomic E-state index is 13.1. The van der Waals surface area contributed by atoms with Gasteiger partial charge in [-0.2, -0.15) is 0 Å². The third-order valence-electron chi connectivity index (χ3n) is 5.07. The number of benzene rings is 2. The molecule has 0 radical (unpaired) electrons. The van der Waals surface area contributed by atoms with E-state index in [4.69, 9.17) is 4.74 Å². The SMILES string of the molecule is COc1ccc2c(c1)C1(CCN(C(=O)c3ccc(F)cc3)C1)C(=O)N2. The van der Waals surface area contributed by atoms with Gasteiger partial charge in [-0.3, -0.25) is 9.59 Å². The van der Waals surface area contributed by atoms with Gasteiger partial charge in [-0.25, -0.2) is 4.39 Å². The number of likely N-dealkylation sites (tertiary alicyclic amines) is 1. The van der Waals surface area contributed by atoms with Gasteiger partial charge >= 0.3 is 0 Å². The van der Waals surface area contributed by atoms with Gasteiger partial charge in [0.05, 0.1) is 12.5 Å². The molecule has 2 aliphatic heterocycles. The van der Waals surface area contributed by atoms with Crippen LogP contribution in [0.1, 0.15) is 22.3 Å². The molecule has 1 fully saturated rings. The predicted octanol–water partition coefficient (Wildman–Crippen LogP) is 2.57. The lowest BCUT2D eigenvalue weighted by molar-refractivity contribution is -0.120. The zero-order valence-corrected chi connectivity index (χ0v) is 13.7. The fourth-order valence-corrected chi connectivity index (χ4v) is 3.68. The quantitative estimate of drug-likeness (QED) is 0.914. The molecule has 1 saturated heterocycles. The van der Waals surface area contributed by atoms with E-state index >= 15 is 0 Å². The minimum Gasteiger partial charge on any atom is -0.497 e. The summed E-state index contributed by atoms with van der Waals surface area (Å²) in [5.74, 6) is 0.00903. The first-order valence-corrected chi connectivity index (χ1v) is 8.08. The number of nitrogens with zero attached hydrogens (tertiary/aromatic N) is 1. The second kappa shape index (κ2) is 5.58. The average Bonchev–Trinajstić information content (AvgIpc) is 3.18. The number of halogens is 1. The van der Waals surface area contributed by atoms with E-state index in [1.54, 1.807) is 18.1 Å². The molecular weight excluding hydrogens is 323 g/mol. The number of rotatable bonds is 2. The van der Waals surface area contributed by atoms with E-state index in [0.717, 1.165) is 11.3 Å². The Balaban J connectivity index is 1.65. The van der Waals surface area contributed by atoms with Crippen LogP contribution in [0.15, 0.2) is 42.5 Å².